The normalized spacial score (nSPS) is 12.7. The Labute approximate surface area is 197 Å². The summed E-state index contributed by atoms with van der Waals surface area (Å²) in [5.41, 5.74) is 0. The van der Waals surface area contributed by atoms with Gasteiger partial charge in [0.25, 0.3) is 0 Å². The van der Waals surface area contributed by atoms with Crippen LogP contribution in [0.4, 0.5) is 0 Å². The first-order valence-electron chi connectivity index (χ1n) is 10.9. The topological polar surface area (TPSA) is 27.7 Å². The standard InChI is InChI=1S/C24H26O3P.3CH3.Sn/c1-5-18-28(22-12-6-19(25-2)7-13-22,23-14-8-20(26-3)9-15-23)24-16-10-21(27-4)11-17-24;;;;/h5-18H,1-4H3;3*1H3;. The molecule has 0 spiro atoms. The van der Waals surface area contributed by atoms with Gasteiger partial charge < -0.3 is 0 Å². The zero-order chi connectivity index (χ0) is 23.4. The third-order valence-corrected chi connectivity index (χ3v) is 19.6. The van der Waals surface area contributed by atoms with Gasteiger partial charge in [0.2, 0.25) is 0 Å². The molecule has 0 aliphatic carbocycles. The maximum atomic E-state index is 5.47. The molecule has 3 aromatic rings. The second kappa shape index (κ2) is 10.4. The minimum absolute atomic E-state index is 0.587. The van der Waals surface area contributed by atoms with Crippen molar-refractivity contribution in [3.05, 3.63) is 72.8 Å². The number of methoxy groups -OCH3 is 3. The zero-order valence-electron chi connectivity index (χ0n) is 20.3. The molecule has 0 radical (unpaired) electrons. The monoisotopic (exact) mass is 558 g/mol. The Balaban J connectivity index is 2.40. The third-order valence-electron chi connectivity index (χ3n) is 6.25. The Morgan fingerprint density at radius 2 is 0.875 bits per heavy atom. The summed E-state index contributed by atoms with van der Waals surface area (Å²) in [6.45, 7) is 0.382. The fourth-order valence-electron chi connectivity index (χ4n) is 3.72. The predicted octanol–water partition coefficient (Wildman–Crippen LogP) is 5.54. The molecule has 0 saturated heterocycles. The number of hydrogen-bond acceptors (Lipinski definition) is 3. The Hall–Kier alpha value is -1.84. The number of ether oxygens (including phenoxy) is 3. The van der Waals surface area contributed by atoms with Crippen LogP contribution in [0.5, 0.6) is 17.2 Å². The number of rotatable bonds is 8. The summed E-state index contributed by atoms with van der Waals surface area (Å²) in [4.78, 5) is 7.54. The molecule has 0 heterocycles. The summed E-state index contributed by atoms with van der Waals surface area (Å²) in [5.74, 6) is 5.31. The van der Waals surface area contributed by atoms with Gasteiger partial charge in [-0.15, -0.1) is 0 Å². The van der Waals surface area contributed by atoms with Gasteiger partial charge in [-0.2, -0.15) is 0 Å². The van der Waals surface area contributed by atoms with Crippen LogP contribution < -0.4 is 30.1 Å². The van der Waals surface area contributed by atoms with E-state index < -0.39 is 25.3 Å². The van der Waals surface area contributed by atoms with E-state index in [4.69, 9.17) is 14.2 Å². The van der Waals surface area contributed by atoms with Crippen molar-refractivity contribution in [2.24, 2.45) is 0 Å². The van der Waals surface area contributed by atoms with Crippen LogP contribution in [0.15, 0.2) is 72.8 Å². The van der Waals surface area contributed by atoms with Crippen molar-refractivity contribution < 1.29 is 14.2 Å². The van der Waals surface area contributed by atoms with Gasteiger partial charge >= 0.3 is 198 Å². The molecule has 170 valence electrons. The maximum absolute atomic E-state index is 5.47. The molecule has 0 aliphatic rings. The molecular weight excluding hydrogens is 522 g/mol. The molecule has 1 unspecified atom stereocenters. The van der Waals surface area contributed by atoms with Crippen LogP contribution in [-0.2, 0) is 0 Å². The zero-order valence-corrected chi connectivity index (χ0v) is 24.0. The third kappa shape index (κ3) is 5.21. The van der Waals surface area contributed by atoms with Crippen molar-refractivity contribution in [2.45, 2.75) is 25.7 Å². The van der Waals surface area contributed by atoms with Crippen molar-refractivity contribution in [1.82, 2.24) is 0 Å². The quantitative estimate of drug-likeness (QED) is 0.269. The molecule has 0 amide bonds. The van der Waals surface area contributed by atoms with Gasteiger partial charge in [0.15, 0.2) is 0 Å². The van der Waals surface area contributed by atoms with Crippen LogP contribution in [0.25, 0.3) is 0 Å². The van der Waals surface area contributed by atoms with Gasteiger partial charge in [-0.1, -0.05) is 0 Å². The van der Waals surface area contributed by atoms with Gasteiger partial charge in [-0.25, -0.2) is 0 Å². The summed E-state index contributed by atoms with van der Waals surface area (Å²) in [6.07, 6.45) is 0. The van der Waals surface area contributed by atoms with Crippen molar-refractivity contribution in [3.63, 3.8) is 0 Å². The SMILES string of the molecule is COc1ccc(P(=C[CH](C)[Sn]([CH3])([CH3])[CH3])(c2ccc(OC)cc2)c2ccc(OC)cc2)cc1. The molecule has 0 N–H and O–H groups in total. The number of benzene rings is 3. The molecule has 32 heavy (non-hydrogen) atoms. The molecule has 3 nitrogen and oxygen atoms in total. The summed E-state index contributed by atoms with van der Waals surface area (Å²) >= 11 is -2.22. The Bertz CT molecular complexity index is 943. The van der Waals surface area contributed by atoms with Crippen LogP contribution in [-0.4, -0.2) is 45.5 Å². The molecule has 0 fully saturated rings. The van der Waals surface area contributed by atoms with E-state index in [9.17, 15) is 0 Å². The van der Waals surface area contributed by atoms with E-state index in [0.717, 1.165) is 17.2 Å². The Morgan fingerprint density at radius 3 is 1.09 bits per heavy atom. The second-order valence-electron chi connectivity index (χ2n) is 9.12. The van der Waals surface area contributed by atoms with E-state index >= 15 is 0 Å². The molecule has 0 bridgehead atoms. The first-order valence-corrected chi connectivity index (χ1v) is 23.0. The van der Waals surface area contributed by atoms with E-state index in [0.29, 0.717) is 3.93 Å². The van der Waals surface area contributed by atoms with Crippen LogP contribution in [0.1, 0.15) is 6.92 Å². The Morgan fingerprint density at radius 1 is 0.594 bits per heavy atom. The van der Waals surface area contributed by atoms with E-state index in [-0.39, 0.29) is 0 Å². The molecular formula is C27H35O3PSn. The van der Waals surface area contributed by atoms with Gasteiger partial charge in [-0.05, 0) is 0 Å². The average molecular weight is 557 g/mol. The summed E-state index contributed by atoms with van der Waals surface area (Å²) < 4.78 is 17.0. The van der Waals surface area contributed by atoms with Crippen LogP contribution >= 0.6 is 6.89 Å². The van der Waals surface area contributed by atoms with Crippen molar-refractivity contribution >= 4 is 47.0 Å². The molecule has 0 aromatic heterocycles. The molecule has 3 aromatic carbocycles. The summed E-state index contributed by atoms with van der Waals surface area (Å²) in [6, 6.07) is 25.9. The molecule has 1 atom stereocenters. The number of hydrogen-bond donors (Lipinski definition) is 0. The van der Waals surface area contributed by atoms with Gasteiger partial charge in [-0.3, -0.25) is 0 Å². The summed E-state index contributed by atoms with van der Waals surface area (Å²) in [5, 5.41) is 3.99. The molecule has 3 rings (SSSR count). The van der Waals surface area contributed by atoms with E-state index in [1.165, 1.54) is 15.9 Å². The first kappa shape index (κ1) is 24.8. The van der Waals surface area contributed by atoms with E-state index in [1.54, 1.807) is 21.3 Å². The van der Waals surface area contributed by atoms with Crippen LogP contribution in [0.2, 0.25) is 18.8 Å². The van der Waals surface area contributed by atoms with E-state index in [1.807, 2.05) is 0 Å². The second-order valence-corrected chi connectivity index (χ2v) is 28.5. The first-order chi connectivity index (χ1) is 15.2. The van der Waals surface area contributed by atoms with Gasteiger partial charge in [0.1, 0.15) is 0 Å². The fraction of sp³-hybridized carbons (Fsp3) is 0.296. The van der Waals surface area contributed by atoms with E-state index in [2.05, 4.69) is 100 Å². The van der Waals surface area contributed by atoms with Crippen LogP contribution in [0, 0.1) is 0 Å². The molecule has 0 saturated carbocycles. The average Bonchev–Trinajstić information content (AvgIpc) is 2.82. The minimum atomic E-state index is -2.22. The van der Waals surface area contributed by atoms with Crippen molar-refractivity contribution in [3.8, 4) is 17.2 Å². The summed E-state index contributed by atoms with van der Waals surface area (Å²) in [7, 11) is 5.14. The Kier molecular flexibility index (Phi) is 8.06. The van der Waals surface area contributed by atoms with Crippen molar-refractivity contribution in [2.75, 3.05) is 21.3 Å². The van der Waals surface area contributed by atoms with Gasteiger partial charge in [0.05, 0.1) is 0 Å². The predicted molar refractivity (Wildman–Crippen MR) is 144 cm³/mol. The van der Waals surface area contributed by atoms with Crippen LogP contribution in [0.3, 0.4) is 0 Å². The molecule has 5 heteroatoms. The molecule has 0 aliphatic heterocycles. The van der Waals surface area contributed by atoms with Crippen molar-refractivity contribution in [1.29, 1.82) is 0 Å². The van der Waals surface area contributed by atoms with Gasteiger partial charge in [0, 0.05) is 0 Å². The fourth-order valence-corrected chi connectivity index (χ4v) is 13.8.